The summed E-state index contributed by atoms with van der Waals surface area (Å²) in [4.78, 5) is 0. The van der Waals surface area contributed by atoms with Crippen LogP contribution >= 0.6 is 21.6 Å². The van der Waals surface area contributed by atoms with Crippen LogP contribution in [0.5, 0.6) is 5.88 Å². The SMILES string of the molecule is Cc1cc(OCCCCCC2CCSS2)n(-c2ccccc2)n1. The van der Waals surface area contributed by atoms with E-state index >= 15 is 0 Å². The summed E-state index contributed by atoms with van der Waals surface area (Å²) in [6, 6.07) is 12.2. The predicted molar refractivity (Wildman–Crippen MR) is 101 cm³/mol. The van der Waals surface area contributed by atoms with Gasteiger partial charge in [0.1, 0.15) is 0 Å². The Bertz CT molecular complexity index is 594. The van der Waals surface area contributed by atoms with Gasteiger partial charge in [0.25, 0.3) is 0 Å². The smallest absolute Gasteiger partial charge is 0.216 e. The number of unbranched alkanes of at least 4 members (excludes halogenated alkanes) is 2. The summed E-state index contributed by atoms with van der Waals surface area (Å²) >= 11 is 0. The van der Waals surface area contributed by atoms with E-state index in [9.17, 15) is 0 Å². The Morgan fingerprint density at radius 1 is 1.22 bits per heavy atom. The van der Waals surface area contributed by atoms with Crippen LogP contribution < -0.4 is 4.74 Å². The fourth-order valence-corrected chi connectivity index (χ4v) is 5.75. The first-order valence-corrected chi connectivity index (χ1v) is 10.7. The van der Waals surface area contributed by atoms with Crippen molar-refractivity contribution < 1.29 is 4.74 Å². The Balaban J connectivity index is 1.43. The summed E-state index contributed by atoms with van der Waals surface area (Å²) in [7, 11) is 4.11. The molecule has 1 aromatic heterocycles. The second-order valence-electron chi connectivity index (χ2n) is 5.90. The van der Waals surface area contributed by atoms with Gasteiger partial charge in [-0.3, -0.25) is 0 Å². The molecule has 0 radical (unpaired) electrons. The molecule has 1 aromatic carbocycles. The number of hydrogen-bond acceptors (Lipinski definition) is 4. The van der Waals surface area contributed by atoms with Crippen molar-refractivity contribution in [3.63, 3.8) is 0 Å². The Morgan fingerprint density at radius 3 is 2.87 bits per heavy atom. The molecule has 1 saturated heterocycles. The van der Waals surface area contributed by atoms with Gasteiger partial charge in [-0.25, -0.2) is 4.68 Å². The van der Waals surface area contributed by atoms with E-state index in [1.807, 2.05) is 46.7 Å². The molecule has 1 aliphatic heterocycles. The molecule has 1 atom stereocenters. The van der Waals surface area contributed by atoms with Crippen LogP contribution in [0.15, 0.2) is 36.4 Å². The predicted octanol–water partition coefficient (Wildman–Crippen LogP) is 5.27. The molecule has 0 aliphatic carbocycles. The van der Waals surface area contributed by atoms with E-state index in [1.54, 1.807) is 0 Å². The number of hydrogen-bond donors (Lipinski definition) is 0. The maximum Gasteiger partial charge on any atom is 0.216 e. The maximum atomic E-state index is 5.98. The van der Waals surface area contributed by atoms with E-state index in [0.29, 0.717) is 0 Å². The first kappa shape index (κ1) is 16.8. The van der Waals surface area contributed by atoms with Gasteiger partial charge in [-0.05, 0) is 38.3 Å². The molecular weight excluding hydrogens is 324 g/mol. The van der Waals surface area contributed by atoms with Crippen molar-refractivity contribution in [2.24, 2.45) is 0 Å². The molecular formula is C18H24N2OS2. The van der Waals surface area contributed by atoms with Crippen molar-refractivity contribution in [1.29, 1.82) is 0 Å². The minimum atomic E-state index is 0.768. The molecule has 124 valence electrons. The fraction of sp³-hybridized carbons (Fsp3) is 0.500. The van der Waals surface area contributed by atoms with Crippen molar-refractivity contribution in [1.82, 2.24) is 9.78 Å². The highest BCUT2D eigenvalue weighted by atomic mass is 33.1. The van der Waals surface area contributed by atoms with Gasteiger partial charge >= 0.3 is 0 Å². The largest absolute Gasteiger partial charge is 0.478 e. The number of nitrogens with zero attached hydrogens (tertiary/aromatic N) is 2. The minimum Gasteiger partial charge on any atom is -0.478 e. The van der Waals surface area contributed by atoms with Crippen LogP contribution in [0.1, 0.15) is 37.8 Å². The fourth-order valence-electron chi connectivity index (χ4n) is 2.72. The number of aryl methyl sites for hydroxylation is 1. The Hall–Kier alpha value is -1.07. The van der Waals surface area contributed by atoms with E-state index in [4.69, 9.17) is 4.74 Å². The van der Waals surface area contributed by atoms with Crippen molar-refractivity contribution >= 4 is 21.6 Å². The van der Waals surface area contributed by atoms with Gasteiger partial charge in [0.15, 0.2) is 0 Å². The second kappa shape index (κ2) is 8.69. The summed E-state index contributed by atoms with van der Waals surface area (Å²) in [5.41, 5.74) is 2.03. The van der Waals surface area contributed by atoms with Crippen LogP contribution in [0.25, 0.3) is 5.69 Å². The first-order chi connectivity index (χ1) is 11.3. The summed E-state index contributed by atoms with van der Waals surface area (Å²) in [6.07, 6.45) is 6.43. The number of aromatic nitrogens is 2. The lowest BCUT2D eigenvalue weighted by atomic mass is 10.1. The molecule has 1 unspecified atom stereocenters. The van der Waals surface area contributed by atoms with Crippen LogP contribution in [0.3, 0.4) is 0 Å². The van der Waals surface area contributed by atoms with Gasteiger partial charge < -0.3 is 4.74 Å². The standard InChI is InChI=1S/C18H24N2OS2/c1-15-14-18(20(19-15)16-8-4-2-5-9-16)21-12-7-3-6-10-17-11-13-22-23-17/h2,4-5,8-9,14,17H,3,6-7,10-13H2,1H3. The average molecular weight is 349 g/mol. The Labute approximate surface area is 146 Å². The van der Waals surface area contributed by atoms with Gasteiger partial charge in [-0.2, -0.15) is 5.10 Å². The number of benzene rings is 1. The molecule has 2 aromatic rings. The third kappa shape index (κ3) is 4.95. The molecule has 1 fully saturated rings. The zero-order chi connectivity index (χ0) is 15.9. The van der Waals surface area contributed by atoms with Gasteiger partial charge in [0.05, 0.1) is 18.0 Å². The van der Waals surface area contributed by atoms with Crippen molar-refractivity contribution in [2.75, 3.05) is 12.4 Å². The molecule has 0 bridgehead atoms. The summed E-state index contributed by atoms with van der Waals surface area (Å²) < 4.78 is 7.87. The van der Waals surface area contributed by atoms with Gasteiger partial charge in [-0.15, -0.1) is 0 Å². The van der Waals surface area contributed by atoms with Crippen LogP contribution in [-0.2, 0) is 0 Å². The summed E-state index contributed by atoms with van der Waals surface area (Å²) in [5.74, 6) is 2.18. The lowest BCUT2D eigenvalue weighted by Gasteiger charge is -2.10. The number of rotatable bonds is 8. The highest BCUT2D eigenvalue weighted by molar-refractivity contribution is 8.77. The lowest BCUT2D eigenvalue weighted by Crippen LogP contribution is -2.05. The third-order valence-electron chi connectivity index (χ3n) is 3.95. The molecule has 23 heavy (non-hydrogen) atoms. The maximum absolute atomic E-state index is 5.98. The summed E-state index contributed by atoms with van der Waals surface area (Å²) in [5, 5.41) is 5.43. The first-order valence-electron chi connectivity index (χ1n) is 8.36. The normalized spacial score (nSPS) is 17.5. The molecule has 3 rings (SSSR count). The lowest BCUT2D eigenvalue weighted by molar-refractivity contribution is 0.285. The van der Waals surface area contributed by atoms with Crippen LogP contribution in [0.4, 0.5) is 0 Å². The zero-order valence-corrected chi connectivity index (χ0v) is 15.2. The minimum absolute atomic E-state index is 0.768. The molecule has 0 amide bonds. The van der Waals surface area contributed by atoms with Crippen LogP contribution in [0.2, 0.25) is 0 Å². The van der Waals surface area contributed by atoms with Crippen molar-refractivity contribution in [3.8, 4) is 11.6 Å². The monoisotopic (exact) mass is 348 g/mol. The molecule has 3 nitrogen and oxygen atoms in total. The molecule has 0 N–H and O–H groups in total. The van der Waals surface area contributed by atoms with E-state index in [1.165, 1.54) is 31.4 Å². The molecule has 0 saturated carbocycles. The summed E-state index contributed by atoms with van der Waals surface area (Å²) in [6.45, 7) is 2.77. The van der Waals surface area contributed by atoms with Crippen LogP contribution in [0, 0.1) is 6.92 Å². The van der Waals surface area contributed by atoms with Crippen molar-refractivity contribution in [2.45, 2.75) is 44.3 Å². The Morgan fingerprint density at radius 2 is 2.09 bits per heavy atom. The molecule has 5 heteroatoms. The van der Waals surface area contributed by atoms with E-state index < -0.39 is 0 Å². The molecule has 0 spiro atoms. The van der Waals surface area contributed by atoms with E-state index in [-0.39, 0.29) is 0 Å². The van der Waals surface area contributed by atoms with Crippen molar-refractivity contribution in [3.05, 3.63) is 42.1 Å². The van der Waals surface area contributed by atoms with E-state index in [0.717, 1.165) is 35.5 Å². The van der Waals surface area contributed by atoms with E-state index in [2.05, 4.69) is 28.0 Å². The molecule has 1 aliphatic rings. The van der Waals surface area contributed by atoms with Gasteiger partial charge in [0.2, 0.25) is 5.88 Å². The number of para-hydroxylation sites is 1. The Kier molecular flexibility index (Phi) is 6.34. The average Bonchev–Trinajstić information content (AvgIpc) is 3.21. The second-order valence-corrected chi connectivity index (χ2v) is 8.69. The zero-order valence-electron chi connectivity index (χ0n) is 13.6. The topological polar surface area (TPSA) is 27.1 Å². The molecule has 2 heterocycles. The van der Waals surface area contributed by atoms with Gasteiger partial charge in [0, 0.05) is 17.1 Å². The highest BCUT2D eigenvalue weighted by Crippen LogP contribution is 2.39. The third-order valence-corrected chi connectivity index (χ3v) is 6.95. The van der Waals surface area contributed by atoms with Crippen LogP contribution in [-0.4, -0.2) is 27.4 Å². The highest BCUT2D eigenvalue weighted by Gasteiger charge is 2.15. The van der Waals surface area contributed by atoms with Gasteiger partial charge in [-0.1, -0.05) is 52.6 Å². The quantitative estimate of drug-likeness (QED) is 0.479. The number of ether oxygens (including phenoxy) is 1.